The average Bonchev–Trinajstić information content (AvgIpc) is 2.54. The summed E-state index contributed by atoms with van der Waals surface area (Å²) in [6, 6.07) is 0. The van der Waals surface area contributed by atoms with Crippen LogP contribution in [0.2, 0.25) is 0 Å². The van der Waals surface area contributed by atoms with Gasteiger partial charge in [-0.05, 0) is 37.7 Å². The van der Waals surface area contributed by atoms with Gasteiger partial charge in [0.05, 0.1) is 5.39 Å². The summed E-state index contributed by atoms with van der Waals surface area (Å²) in [5, 5.41) is 0.845. The van der Waals surface area contributed by atoms with Gasteiger partial charge in [-0.3, -0.25) is 4.79 Å². The number of hydrogen-bond donors (Lipinski definition) is 1. The number of nitrogens with zero attached hydrogens (tertiary/aromatic N) is 1. The molecule has 2 aromatic heterocycles. The van der Waals surface area contributed by atoms with Gasteiger partial charge < -0.3 is 4.98 Å². The van der Waals surface area contributed by atoms with E-state index in [4.69, 9.17) is 0 Å². The highest BCUT2D eigenvalue weighted by atomic mass is 32.1. The highest BCUT2D eigenvalue weighted by Crippen LogP contribution is 2.35. The molecule has 1 aliphatic carbocycles. The summed E-state index contributed by atoms with van der Waals surface area (Å²) in [4.78, 5) is 21.4. The Kier molecular flexibility index (Phi) is 2.14. The molecule has 0 spiro atoms. The number of rotatable bonds is 0. The smallest absolute Gasteiger partial charge is 0.259 e. The molecule has 0 radical (unpaired) electrons. The standard InChI is InChI=1S/C12H14N2OS/c1-6-3-4-8-9(5-6)16-12-10(8)11(15)13-7(2)14-12/h6H,3-5H2,1-2H3,(H,13,14,15). The van der Waals surface area contributed by atoms with Gasteiger partial charge in [-0.15, -0.1) is 11.3 Å². The first-order valence-electron chi connectivity index (χ1n) is 5.66. The van der Waals surface area contributed by atoms with E-state index in [2.05, 4.69) is 16.9 Å². The van der Waals surface area contributed by atoms with Crippen molar-refractivity contribution >= 4 is 21.6 Å². The quantitative estimate of drug-likeness (QED) is 0.761. The summed E-state index contributed by atoms with van der Waals surface area (Å²) in [6.07, 6.45) is 3.32. The van der Waals surface area contributed by atoms with Crippen LogP contribution < -0.4 is 5.56 Å². The van der Waals surface area contributed by atoms with Crippen LogP contribution in [-0.4, -0.2) is 9.97 Å². The minimum atomic E-state index is 0.0366. The molecule has 2 aromatic rings. The number of thiophene rings is 1. The van der Waals surface area contributed by atoms with Crippen molar-refractivity contribution in [1.29, 1.82) is 0 Å². The lowest BCUT2D eigenvalue weighted by Crippen LogP contribution is -2.13. The largest absolute Gasteiger partial charge is 0.310 e. The topological polar surface area (TPSA) is 45.8 Å². The van der Waals surface area contributed by atoms with Crippen molar-refractivity contribution in [2.24, 2.45) is 5.92 Å². The first kappa shape index (κ1) is 10.0. The fourth-order valence-corrected chi connectivity index (χ4v) is 3.89. The molecule has 1 atom stereocenters. The maximum Gasteiger partial charge on any atom is 0.259 e. The van der Waals surface area contributed by atoms with Gasteiger partial charge in [0.25, 0.3) is 5.56 Å². The molecule has 0 bridgehead atoms. The van der Waals surface area contributed by atoms with Crippen LogP contribution in [0.15, 0.2) is 4.79 Å². The Balaban J connectivity index is 2.33. The third kappa shape index (κ3) is 1.40. The zero-order valence-corrected chi connectivity index (χ0v) is 10.3. The number of fused-ring (bicyclic) bond motifs is 3. The molecule has 1 aliphatic rings. The van der Waals surface area contributed by atoms with Crippen molar-refractivity contribution in [2.45, 2.75) is 33.1 Å². The van der Waals surface area contributed by atoms with Crippen LogP contribution in [0.5, 0.6) is 0 Å². The van der Waals surface area contributed by atoms with E-state index in [0.717, 1.165) is 29.0 Å². The molecular weight excluding hydrogens is 220 g/mol. The zero-order chi connectivity index (χ0) is 11.3. The summed E-state index contributed by atoms with van der Waals surface area (Å²) in [6.45, 7) is 4.11. The van der Waals surface area contributed by atoms with Gasteiger partial charge in [-0.25, -0.2) is 4.98 Å². The molecule has 1 N–H and O–H groups in total. The second-order valence-electron chi connectivity index (χ2n) is 4.68. The number of H-pyrrole nitrogens is 1. The first-order valence-corrected chi connectivity index (χ1v) is 6.48. The van der Waals surface area contributed by atoms with E-state index in [1.54, 1.807) is 11.3 Å². The van der Waals surface area contributed by atoms with Gasteiger partial charge in [0.15, 0.2) is 0 Å². The van der Waals surface area contributed by atoms with E-state index in [1.165, 1.54) is 16.9 Å². The van der Waals surface area contributed by atoms with E-state index in [1.807, 2.05) is 6.92 Å². The SMILES string of the molecule is Cc1nc2sc3c(c2c(=O)[nH]1)CCC(C)C3. The molecule has 0 saturated carbocycles. The van der Waals surface area contributed by atoms with E-state index >= 15 is 0 Å². The predicted octanol–water partition coefficient (Wildman–Crippen LogP) is 2.42. The molecule has 3 rings (SSSR count). The van der Waals surface area contributed by atoms with Crippen LogP contribution in [0.25, 0.3) is 10.2 Å². The molecule has 0 fully saturated rings. The van der Waals surface area contributed by atoms with Crippen molar-refractivity contribution in [1.82, 2.24) is 9.97 Å². The normalized spacial score (nSPS) is 20.0. The van der Waals surface area contributed by atoms with Crippen LogP contribution >= 0.6 is 11.3 Å². The number of aromatic amines is 1. The third-order valence-electron chi connectivity index (χ3n) is 3.28. The number of nitrogens with one attached hydrogen (secondary N) is 1. The molecule has 84 valence electrons. The van der Waals surface area contributed by atoms with Gasteiger partial charge in [0.1, 0.15) is 10.7 Å². The van der Waals surface area contributed by atoms with Crippen LogP contribution in [-0.2, 0) is 12.8 Å². The Hall–Kier alpha value is -1.16. The van der Waals surface area contributed by atoms with E-state index < -0.39 is 0 Å². The molecule has 0 aliphatic heterocycles. The van der Waals surface area contributed by atoms with Gasteiger partial charge >= 0.3 is 0 Å². The number of aromatic nitrogens is 2. The summed E-state index contributed by atoms with van der Waals surface area (Å²) in [5.74, 6) is 1.45. The molecule has 2 heterocycles. The minimum absolute atomic E-state index is 0.0366. The fraction of sp³-hybridized carbons (Fsp3) is 0.500. The predicted molar refractivity (Wildman–Crippen MR) is 66.2 cm³/mol. The second kappa shape index (κ2) is 3.42. The van der Waals surface area contributed by atoms with Gasteiger partial charge in [-0.1, -0.05) is 6.92 Å². The molecule has 1 unspecified atom stereocenters. The maximum atomic E-state index is 11.9. The van der Waals surface area contributed by atoms with E-state index in [-0.39, 0.29) is 5.56 Å². The Morgan fingerprint density at radius 2 is 2.31 bits per heavy atom. The maximum absolute atomic E-state index is 11.9. The van der Waals surface area contributed by atoms with Crippen LogP contribution in [0, 0.1) is 12.8 Å². The zero-order valence-electron chi connectivity index (χ0n) is 9.46. The van der Waals surface area contributed by atoms with Gasteiger partial charge in [-0.2, -0.15) is 0 Å². The Morgan fingerprint density at radius 1 is 1.50 bits per heavy atom. The molecule has 0 saturated heterocycles. The van der Waals surface area contributed by atoms with Crippen molar-refractivity contribution in [2.75, 3.05) is 0 Å². The number of aryl methyl sites for hydroxylation is 2. The average molecular weight is 234 g/mol. The van der Waals surface area contributed by atoms with E-state index in [9.17, 15) is 4.79 Å². The highest BCUT2D eigenvalue weighted by molar-refractivity contribution is 7.18. The van der Waals surface area contributed by atoms with Gasteiger partial charge in [0, 0.05) is 4.88 Å². The fourth-order valence-electron chi connectivity index (χ4n) is 2.46. The van der Waals surface area contributed by atoms with Crippen molar-refractivity contribution in [3.8, 4) is 0 Å². The molecule has 4 heteroatoms. The lowest BCUT2D eigenvalue weighted by molar-refractivity contribution is 0.509. The summed E-state index contributed by atoms with van der Waals surface area (Å²) in [5.41, 5.74) is 1.29. The minimum Gasteiger partial charge on any atom is -0.310 e. The summed E-state index contributed by atoms with van der Waals surface area (Å²) < 4.78 is 0. The molecule has 3 nitrogen and oxygen atoms in total. The molecule has 0 amide bonds. The lowest BCUT2D eigenvalue weighted by Gasteiger charge is -2.17. The van der Waals surface area contributed by atoms with Crippen molar-refractivity contribution in [3.63, 3.8) is 0 Å². The summed E-state index contributed by atoms with van der Waals surface area (Å²) >= 11 is 1.70. The molecule has 16 heavy (non-hydrogen) atoms. The second-order valence-corrected chi connectivity index (χ2v) is 5.77. The van der Waals surface area contributed by atoms with E-state index in [0.29, 0.717) is 5.82 Å². The Labute approximate surface area is 97.5 Å². The van der Waals surface area contributed by atoms with Crippen LogP contribution in [0.1, 0.15) is 29.6 Å². The van der Waals surface area contributed by atoms with Crippen molar-refractivity contribution < 1.29 is 0 Å². The van der Waals surface area contributed by atoms with Crippen LogP contribution in [0.4, 0.5) is 0 Å². The highest BCUT2D eigenvalue weighted by Gasteiger charge is 2.22. The van der Waals surface area contributed by atoms with Crippen molar-refractivity contribution in [3.05, 3.63) is 26.6 Å². The van der Waals surface area contributed by atoms with Crippen LogP contribution in [0.3, 0.4) is 0 Å². The Bertz CT molecular complexity index is 611. The molecular formula is C12H14N2OS. The molecule has 0 aromatic carbocycles. The first-order chi connectivity index (χ1) is 7.65. The summed E-state index contributed by atoms with van der Waals surface area (Å²) in [7, 11) is 0. The number of hydrogen-bond acceptors (Lipinski definition) is 3. The third-order valence-corrected chi connectivity index (χ3v) is 4.43. The monoisotopic (exact) mass is 234 g/mol. The Morgan fingerprint density at radius 3 is 3.12 bits per heavy atom. The van der Waals surface area contributed by atoms with Gasteiger partial charge in [0.2, 0.25) is 0 Å². The lowest BCUT2D eigenvalue weighted by atomic mass is 9.89.